The van der Waals surface area contributed by atoms with E-state index in [1.807, 2.05) is 0 Å². The first-order valence-electron chi connectivity index (χ1n) is 5.91. The summed E-state index contributed by atoms with van der Waals surface area (Å²) in [5.41, 5.74) is 5.21. The lowest BCUT2D eigenvalue weighted by molar-refractivity contribution is -0.147. The van der Waals surface area contributed by atoms with Crippen LogP contribution >= 0.6 is 0 Å². The number of ether oxygens (including phenoxy) is 1. The highest BCUT2D eigenvalue weighted by molar-refractivity contribution is 5.84. The molecule has 0 aromatic rings. The Bertz CT molecular complexity index is 412. The Hall–Kier alpha value is -1.68. The number of aliphatic hydroxyl groups excluding tert-OH is 3. The fourth-order valence-corrected chi connectivity index (χ4v) is 1.88. The molecule has 20 heavy (non-hydrogen) atoms. The number of amides is 1. The Kier molecular flexibility index (Phi) is 5.45. The second-order valence-electron chi connectivity index (χ2n) is 4.43. The van der Waals surface area contributed by atoms with Crippen LogP contribution in [0.15, 0.2) is 11.8 Å². The number of hydrogen-bond acceptors (Lipinski definition) is 7. The molecular formula is C11H18N2O7. The van der Waals surface area contributed by atoms with Gasteiger partial charge in [0.1, 0.15) is 12.2 Å². The molecule has 0 unspecified atom stereocenters. The maximum Gasteiger partial charge on any atom is 0.370 e. The molecule has 1 aliphatic heterocycles. The Balaban J connectivity index is 3.04. The van der Waals surface area contributed by atoms with Crippen LogP contribution in [-0.4, -0.2) is 69.3 Å². The average Bonchev–Trinajstić information content (AvgIpc) is 2.38. The van der Waals surface area contributed by atoms with Crippen LogP contribution in [0, 0.1) is 0 Å². The van der Waals surface area contributed by atoms with E-state index in [1.54, 1.807) is 0 Å². The normalized spacial score (nSPS) is 28.9. The second kappa shape index (κ2) is 6.66. The second-order valence-corrected chi connectivity index (χ2v) is 4.43. The van der Waals surface area contributed by atoms with E-state index in [0.717, 1.165) is 6.08 Å². The first kappa shape index (κ1) is 16.4. The van der Waals surface area contributed by atoms with Crippen LogP contribution in [0.2, 0.25) is 0 Å². The van der Waals surface area contributed by atoms with E-state index in [9.17, 15) is 24.9 Å². The Morgan fingerprint density at radius 3 is 2.55 bits per heavy atom. The van der Waals surface area contributed by atoms with Crippen LogP contribution in [0.5, 0.6) is 0 Å². The Morgan fingerprint density at radius 1 is 1.50 bits per heavy atom. The van der Waals surface area contributed by atoms with Gasteiger partial charge in [-0.1, -0.05) is 0 Å². The van der Waals surface area contributed by atoms with Crippen LogP contribution in [0.3, 0.4) is 0 Å². The van der Waals surface area contributed by atoms with Gasteiger partial charge >= 0.3 is 5.97 Å². The van der Waals surface area contributed by atoms with Gasteiger partial charge in [-0.05, 0) is 6.08 Å². The summed E-state index contributed by atoms with van der Waals surface area (Å²) in [5, 5.41) is 40.5. The summed E-state index contributed by atoms with van der Waals surface area (Å²) in [5.74, 6) is -2.53. The molecule has 114 valence electrons. The van der Waals surface area contributed by atoms with Crippen molar-refractivity contribution in [2.45, 2.75) is 37.4 Å². The zero-order valence-corrected chi connectivity index (χ0v) is 10.8. The number of nitrogens with one attached hydrogen (secondary N) is 1. The highest BCUT2D eigenvalue weighted by atomic mass is 16.5. The predicted octanol–water partition coefficient (Wildman–Crippen LogP) is -3.10. The van der Waals surface area contributed by atoms with Crippen molar-refractivity contribution in [3.8, 4) is 0 Å². The smallest absolute Gasteiger partial charge is 0.370 e. The SMILES string of the molecule is CC(=O)N[C@H]1[C@H]([C@H](O)[C@@H](O)CN)OC(C(=O)O)=C[C@@H]1O. The van der Waals surface area contributed by atoms with Crippen molar-refractivity contribution < 1.29 is 34.8 Å². The van der Waals surface area contributed by atoms with Gasteiger partial charge in [0, 0.05) is 13.5 Å². The molecule has 0 saturated heterocycles. The van der Waals surface area contributed by atoms with Gasteiger partial charge in [0.15, 0.2) is 6.10 Å². The third kappa shape index (κ3) is 3.67. The number of rotatable bonds is 5. The van der Waals surface area contributed by atoms with Crippen LogP contribution < -0.4 is 11.1 Å². The molecule has 0 saturated carbocycles. The molecule has 1 amide bonds. The summed E-state index contributed by atoms with van der Waals surface area (Å²) < 4.78 is 5.04. The zero-order valence-electron chi connectivity index (χ0n) is 10.8. The van der Waals surface area contributed by atoms with E-state index < -0.39 is 48.1 Å². The quantitative estimate of drug-likeness (QED) is 0.310. The lowest BCUT2D eigenvalue weighted by Gasteiger charge is -2.38. The summed E-state index contributed by atoms with van der Waals surface area (Å²) in [4.78, 5) is 22.0. The largest absolute Gasteiger partial charge is 0.478 e. The van der Waals surface area contributed by atoms with Crippen molar-refractivity contribution in [2.24, 2.45) is 5.73 Å². The number of nitrogens with two attached hydrogens (primary N) is 1. The van der Waals surface area contributed by atoms with Crippen LogP contribution in [0.4, 0.5) is 0 Å². The lowest BCUT2D eigenvalue weighted by atomic mass is 9.93. The average molecular weight is 290 g/mol. The van der Waals surface area contributed by atoms with Gasteiger partial charge in [-0.3, -0.25) is 4.79 Å². The van der Waals surface area contributed by atoms with E-state index in [1.165, 1.54) is 6.92 Å². The van der Waals surface area contributed by atoms with Gasteiger partial charge in [-0.25, -0.2) is 4.79 Å². The predicted molar refractivity (Wildman–Crippen MR) is 65.3 cm³/mol. The molecule has 5 atom stereocenters. The van der Waals surface area contributed by atoms with E-state index in [0.29, 0.717) is 0 Å². The Morgan fingerprint density at radius 2 is 2.10 bits per heavy atom. The Labute approximate surface area is 114 Å². The number of carboxylic acid groups (broad SMARTS) is 1. The molecule has 1 aliphatic rings. The number of hydrogen-bond donors (Lipinski definition) is 6. The van der Waals surface area contributed by atoms with Gasteiger partial charge in [-0.15, -0.1) is 0 Å². The standard InChI is InChI=1S/C11H18N2O7/c1-4(14)13-8-5(15)2-7(11(18)19)20-10(8)9(17)6(16)3-12/h2,5-6,8-10,15-17H,3,12H2,1H3,(H,13,14)(H,18,19)/t5-,6-,8+,9+,10+/m0/s1. The van der Waals surface area contributed by atoms with Gasteiger partial charge in [-0.2, -0.15) is 0 Å². The molecule has 9 nitrogen and oxygen atoms in total. The monoisotopic (exact) mass is 290 g/mol. The third-order valence-electron chi connectivity index (χ3n) is 2.86. The fourth-order valence-electron chi connectivity index (χ4n) is 1.88. The van der Waals surface area contributed by atoms with E-state index in [-0.39, 0.29) is 6.54 Å². The minimum atomic E-state index is -1.57. The summed E-state index contributed by atoms with van der Waals surface area (Å²) in [6.45, 7) is 0.891. The first-order chi connectivity index (χ1) is 9.27. The summed E-state index contributed by atoms with van der Waals surface area (Å²) in [7, 11) is 0. The van der Waals surface area contributed by atoms with Crippen molar-refractivity contribution in [3.05, 3.63) is 11.8 Å². The van der Waals surface area contributed by atoms with Crippen molar-refractivity contribution in [3.63, 3.8) is 0 Å². The highest BCUT2D eigenvalue weighted by Crippen LogP contribution is 2.22. The maximum atomic E-state index is 11.1. The number of carboxylic acids is 1. The first-order valence-corrected chi connectivity index (χ1v) is 5.91. The summed E-state index contributed by atoms with van der Waals surface area (Å²) >= 11 is 0. The maximum absolute atomic E-state index is 11.1. The van der Waals surface area contributed by atoms with Gasteiger partial charge in [0.2, 0.25) is 11.7 Å². The molecule has 7 N–H and O–H groups in total. The van der Waals surface area contributed by atoms with Gasteiger partial charge in [0.05, 0.1) is 12.1 Å². The molecule has 0 aliphatic carbocycles. The topological polar surface area (TPSA) is 162 Å². The van der Waals surface area contributed by atoms with Crippen LogP contribution in [0.1, 0.15) is 6.92 Å². The molecule has 0 fully saturated rings. The van der Waals surface area contributed by atoms with Gasteiger partial charge in [0.25, 0.3) is 0 Å². The highest BCUT2D eigenvalue weighted by Gasteiger charge is 2.42. The molecule has 0 bridgehead atoms. The number of carbonyl (C=O) groups is 2. The molecule has 9 heteroatoms. The van der Waals surface area contributed by atoms with Crippen molar-refractivity contribution in [1.29, 1.82) is 0 Å². The summed E-state index contributed by atoms with van der Waals surface area (Å²) in [6, 6.07) is -1.10. The van der Waals surface area contributed by atoms with Crippen molar-refractivity contribution in [2.75, 3.05) is 6.54 Å². The number of carbonyl (C=O) groups excluding carboxylic acids is 1. The molecule has 0 aromatic heterocycles. The molecular weight excluding hydrogens is 272 g/mol. The van der Waals surface area contributed by atoms with Crippen molar-refractivity contribution in [1.82, 2.24) is 5.32 Å². The minimum absolute atomic E-state index is 0.296. The van der Waals surface area contributed by atoms with Crippen molar-refractivity contribution >= 4 is 11.9 Å². The van der Waals surface area contributed by atoms with E-state index >= 15 is 0 Å². The zero-order chi connectivity index (χ0) is 15.4. The fraction of sp³-hybridized carbons (Fsp3) is 0.636. The number of aliphatic hydroxyl groups is 3. The van der Waals surface area contributed by atoms with Crippen LogP contribution in [0.25, 0.3) is 0 Å². The number of aliphatic carboxylic acids is 1. The van der Waals surface area contributed by atoms with E-state index in [4.69, 9.17) is 15.6 Å². The minimum Gasteiger partial charge on any atom is -0.478 e. The molecule has 0 radical (unpaired) electrons. The lowest BCUT2D eigenvalue weighted by Crippen LogP contribution is -2.60. The molecule has 0 spiro atoms. The van der Waals surface area contributed by atoms with E-state index in [2.05, 4.69) is 5.32 Å². The molecule has 1 rings (SSSR count). The van der Waals surface area contributed by atoms with Crippen LogP contribution in [-0.2, 0) is 14.3 Å². The third-order valence-corrected chi connectivity index (χ3v) is 2.86. The molecule has 1 heterocycles. The summed E-state index contributed by atoms with van der Waals surface area (Å²) in [6.07, 6.45) is -4.79. The molecule has 0 aromatic carbocycles. The van der Waals surface area contributed by atoms with Gasteiger partial charge < -0.3 is 36.2 Å².